The standard InChI is InChI=1S/C21H20N2O4S/c1-28(25,26)23-14-13-20(27-19-12-5-4-11-18(19)23)21(24)22-17-10-6-8-15-7-2-3-9-16(15)17/h2-12,20H,13-14H2,1H3,(H,22,24)/t20-/m0/s1. The lowest BCUT2D eigenvalue weighted by molar-refractivity contribution is -0.122. The summed E-state index contributed by atoms with van der Waals surface area (Å²) in [6, 6.07) is 20.3. The fraction of sp³-hybridized carbons (Fsp3) is 0.190. The zero-order chi connectivity index (χ0) is 19.7. The Morgan fingerprint density at radius 3 is 2.57 bits per heavy atom. The minimum Gasteiger partial charge on any atom is -0.478 e. The second kappa shape index (κ2) is 7.16. The molecule has 0 spiro atoms. The minimum atomic E-state index is -3.48. The van der Waals surface area contributed by atoms with E-state index in [1.54, 1.807) is 24.3 Å². The average molecular weight is 396 g/mol. The van der Waals surface area contributed by atoms with Gasteiger partial charge in [-0.25, -0.2) is 8.42 Å². The fourth-order valence-electron chi connectivity index (χ4n) is 3.41. The number of hydrogen-bond acceptors (Lipinski definition) is 4. The molecule has 0 saturated heterocycles. The fourth-order valence-corrected chi connectivity index (χ4v) is 4.35. The summed E-state index contributed by atoms with van der Waals surface area (Å²) in [6.45, 7) is 0.170. The van der Waals surface area contributed by atoms with Crippen LogP contribution in [0.25, 0.3) is 10.8 Å². The maximum Gasteiger partial charge on any atom is 0.265 e. The van der Waals surface area contributed by atoms with Crippen molar-refractivity contribution in [1.82, 2.24) is 0 Å². The summed E-state index contributed by atoms with van der Waals surface area (Å²) in [6.07, 6.45) is 0.602. The van der Waals surface area contributed by atoms with Crippen LogP contribution in [-0.4, -0.2) is 33.2 Å². The molecule has 0 saturated carbocycles. The third kappa shape index (κ3) is 3.53. The molecule has 1 amide bonds. The molecule has 3 aromatic carbocycles. The van der Waals surface area contributed by atoms with Gasteiger partial charge in [0.15, 0.2) is 6.10 Å². The summed E-state index contributed by atoms with van der Waals surface area (Å²) in [4.78, 5) is 12.9. The van der Waals surface area contributed by atoms with Crippen LogP contribution in [0.15, 0.2) is 66.7 Å². The van der Waals surface area contributed by atoms with Crippen molar-refractivity contribution in [3.8, 4) is 5.75 Å². The van der Waals surface area contributed by atoms with Crippen molar-refractivity contribution in [3.05, 3.63) is 66.7 Å². The third-order valence-electron chi connectivity index (χ3n) is 4.74. The molecule has 0 aliphatic carbocycles. The van der Waals surface area contributed by atoms with Crippen molar-refractivity contribution in [1.29, 1.82) is 0 Å². The van der Waals surface area contributed by atoms with Gasteiger partial charge in [-0.3, -0.25) is 9.10 Å². The number of benzene rings is 3. The molecule has 6 nitrogen and oxygen atoms in total. The van der Waals surface area contributed by atoms with Crippen LogP contribution in [0.1, 0.15) is 6.42 Å². The molecule has 144 valence electrons. The molecule has 0 radical (unpaired) electrons. The first-order valence-corrected chi connectivity index (χ1v) is 10.8. The first-order valence-electron chi connectivity index (χ1n) is 8.95. The predicted molar refractivity (Wildman–Crippen MR) is 110 cm³/mol. The molecule has 1 heterocycles. The highest BCUT2D eigenvalue weighted by atomic mass is 32.2. The Kier molecular flexibility index (Phi) is 4.68. The van der Waals surface area contributed by atoms with E-state index >= 15 is 0 Å². The summed E-state index contributed by atoms with van der Waals surface area (Å²) >= 11 is 0. The summed E-state index contributed by atoms with van der Waals surface area (Å²) in [5.74, 6) is 0.0741. The Hall–Kier alpha value is -3.06. The van der Waals surface area contributed by atoms with Gasteiger partial charge >= 0.3 is 0 Å². The third-order valence-corrected chi connectivity index (χ3v) is 5.92. The number of para-hydroxylation sites is 2. The summed E-state index contributed by atoms with van der Waals surface area (Å²) < 4.78 is 31.6. The first-order chi connectivity index (χ1) is 13.4. The number of rotatable bonds is 3. The van der Waals surface area contributed by atoms with Crippen LogP contribution in [0, 0.1) is 0 Å². The van der Waals surface area contributed by atoms with Crippen molar-refractivity contribution in [2.45, 2.75) is 12.5 Å². The molecule has 7 heteroatoms. The van der Waals surface area contributed by atoms with Crippen molar-refractivity contribution < 1.29 is 17.9 Å². The highest BCUT2D eigenvalue weighted by Gasteiger charge is 2.31. The molecule has 1 aliphatic heterocycles. The summed E-state index contributed by atoms with van der Waals surface area (Å²) in [5, 5.41) is 4.89. The van der Waals surface area contributed by atoms with Crippen LogP contribution in [0.2, 0.25) is 0 Å². The second-order valence-corrected chi connectivity index (χ2v) is 8.62. The molecule has 0 aromatic heterocycles. The molecule has 4 rings (SSSR count). The number of nitrogens with one attached hydrogen (secondary N) is 1. The lowest BCUT2D eigenvalue weighted by Gasteiger charge is -2.20. The molecule has 3 aromatic rings. The Morgan fingerprint density at radius 2 is 1.75 bits per heavy atom. The highest BCUT2D eigenvalue weighted by Crippen LogP contribution is 2.34. The molecule has 1 atom stereocenters. The van der Waals surface area contributed by atoms with E-state index in [1.165, 1.54) is 4.31 Å². The van der Waals surface area contributed by atoms with E-state index in [2.05, 4.69) is 5.32 Å². The van der Waals surface area contributed by atoms with Gasteiger partial charge in [0.05, 0.1) is 11.9 Å². The quantitative estimate of drug-likeness (QED) is 0.736. The van der Waals surface area contributed by atoms with Gasteiger partial charge in [-0.05, 0) is 23.6 Å². The molecular weight excluding hydrogens is 376 g/mol. The summed E-state index contributed by atoms with van der Waals surface area (Å²) in [7, 11) is -3.48. The van der Waals surface area contributed by atoms with Gasteiger partial charge in [0.2, 0.25) is 10.0 Å². The molecule has 28 heavy (non-hydrogen) atoms. The van der Waals surface area contributed by atoms with E-state index < -0.39 is 16.1 Å². The largest absolute Gasteiger partial charge is 0.478 e. The van der Waals surface area contributed by atoms with E-state index in [1.807, 2.05) is 42.5 Å². The molecule has 1 N–H and O–H groups in total. The van der Waals surface area contributed by atoms with Crippen molar-refractivity contribution in [3.63, 3.8) is 0 Å². The maximum absolute atomic E-state index is 12.9. The van der Waals surface area contributed by atoms with Gasteiger partial charge in [-0.2, -0.15) is 0 Å². The minimum absolute atomic E-state index is 0.170. The van der Waals surface area contributed by atoms with Crippen LogP contribution in [-0.2, 0) is 14.8 Å². The van der Waals surface area contributed by atoms with Gasteiger partial charge < -0.3 is 10.1 Å². The monoisotopic (exact) mass is 396 g/mol. The normalized spacial score (nSPS) is 16.8. The second-order valence-electron chi connectivity index (χ2n) is 6.71. The van der Waals surface area contributed by atoms with Crippen LogP contribution in [0.4, 0.5) is 11.4 Å². The number of carbonyl (C=O) groups is 1. The van der Waals surface area contributed by atoms with Crippen LogP contribution >= 0.6 is 0 Å². The SMILES string of the molecule is CS(=O)(=O)N1CC[C@@H](C(=O)Nc2cccc3ccccc23)Oc2ccccc21. The van der Waals surface area contributed by atoms with Crippen molar-refractivity contribution >= 4 is 38.1 Å². The van der Waals surface area contributed by atoms with Gasteiger partial charge in [-0.1, -0.05) is 48.5 Å². The zero-order valence-electron chi connectivity index (χ0n) is 15.3. The van der Waals surface area contributed by atoms with Gasteiger partial charge in [0, 0.05) is 24.0 Å². The van der Waals surface area contributed by atoms with E-state index in [0.717, 1.165) is 17.0 Å². The van der Waals surface area contributed by atoms with E-state index in [-0.39, 0.29) is 18.9 Å². The molecule has 0 unspecified atom stereocenters. The lowest BCUT2D eigenvalue weighted by atomic mass is 10.1. The number of anilines is 2. The Bertz CT molecular complexity index is 1140. The Morgan fingerprint density at radius 1 is 1.04 bits per heavy atom. The average Bonchev–Trinajstić information content (AvgIpc) is 2.88. The maximum atomic E-state index is 12.9. The van der Waals surface area contributed by atoms with E-state index in [4.69, 9.17) is 4.74 Å². The van der Waals surface area contributed by atoms with Crippen LogP contribution < -0.4 is 14.4 Å². The van der Waals surface area contributed by atoms with E-state index in [0.29, 0.717) is 17.1 Å². The van der Waals surface area contributed by atoms with Gasteiger partial charge in [0.25, 0.3) is 5.91 Å². The topological polar surface area (TPSA) is 75.7 Å². The number of amides is 1. The molecule has 1 aliphatic rings. The van der Waals surface area contributed by atoms with Crippen LogP contribution in [0.5, 0.6) is 5.75 Å². The van der Waals surface area contributed by atoms with E-state index in [9.17, 15) is 13.2 Å². The van der Waals surface area contributed by atoms with Gasteiger partial charge in [-0.15, -0.1) is 0 Å². The highest BCUT2D eigenvalue weighted by molar-refractivity contribution is 7.92. The lowest BCUT2D eigenvalue weighted by Crippen LogP contribution is -2.36. The van der Waals surface area contributed by atoms with Crippen molar-refractivity contribution in [2.24, 2.45) is 0 Å². The zero-order valence-corrected chi connectivity index (χ0v) is 16.1. The van der Waals surface area contributed by atoms with Gasteiger partial charge in [0.1, 0.15) is 5.75 Å². The molecular formula is C21H20N2O4S. The van der Waals surface area contributed by atoms with Crippen LogP contribution in [0.3, 0.4) is 0 Å². The Balaban J connectivity index is 1.62. The number of nitrogens with zero attached hydrogens (tertiary/aromatic N) is 1. The Labute approximate surface area is 163 Å². The number of ether oxygens (including phenoxy) is 1. The smallest absolute Gasteiger partial charge is 0.265 e. The molecule has 0 fully saturated rings. The predicted octanol–water partition coefficient (Wildman–Crippen LogP) is 3.40. The number of sulfonamides is 1. The van der Waals surface area contributed by atoms with Crippen molar-refractivity contribution in [2.75, 3.05) is 22.4 Å². The number of carbonyl (C=O) groups excluding carboxylic acids is 1. The first kappa shape index (κ1) is 18.3. The number of fused-ring (bicyclic) bond motifs is 2. The number of hydrogen-bond donors (Lipinski definition) is 1. The molecule has 0 bridgehead atoms. The summed E-state index contributed by atoms with van der Waals surface area (Å²) in [5.41, 5.74) is 1.15.